The van der Waals surface area contributed by atoms with E-state index < -0.39 is 45.1 Å². The van der Waals surface area contributed by atoms with Crippen LogP contribution in [0.2, 0.25) is 0 Å². The Bertz CT molecular complexity index is 1870. The number of hydrogen-bond donors (Lipinski definition) is 3. The number of carbonyl (C=O) groups excluding carboxylic acids is 2. The second-order valence-corrected chi connectivity index (χ2v) is 13.7. The van der Waals surface area contributed by atoms with Gasteiger partial charge in [0.15, 0.2) is 17.5 Å². The van der Waals surface area contributed by atoms with Gasteiger partial charge in [0.05, 0.1) is 11.7 Å². The predicted molar refractivity (Wildman–Crippen MR) is 177 cm³/mol. The largest absolute Gasteiger partial charge is 0.351 e. The lowest BCUT2D eigenvalue weighted by molar-refractivity contribution is -0.117. The Balaban J connectivity index is 1.55. The van der Waals surface area contributed by atoms with Gasteiger partial charge in [0.25, 0.3) is 16.0 Å². The van der Waals surface area contributed by atoms with Crippen molar-refractivity contribution >= 4 is 33.7 Å². The fraction of sp³-hybridized carbons (Fsp3) is 0.222. The van der Waals surface area contributed by atoms with E-state index in [1.807, 2.05) is 30.3 Å². The van der Waals surface area contributed by atoms with Crippen molar-refractivity contribution in [3.05, 3.63) is 131 Å². The molecule has 11 heteroatoms. The molecule has 0 aliphatic rings. The van der Waals surface area contributed by atoms with Crippen LogP contribution in [-0.4, -0.2) is 37.1 Å². The van der Waals surface area contributed by atoms with Gasteiger partial charge in [-0.2, -0.15) is 8.42 Å². The van der Waals surface area contributed by atoms with Crippen molar-refractivity contribution in [2.45, 2.75) is 33.1 Å². The van der Waals surface area contributed by atoms with Crippen LogP contribution in [0.4, 0.5) is 18.9 Å². The molecule has 0 aliphatic carbocycles. The summed E-state index contributed by atoms with van der Waals surface area (Å²) in [5.41, 5.74) is 3.32. The second kappa shape index (κ2) is 14.8. The SMILES string of the molecule is CC(C)(C)/C=C/c1ccc(C(Cc2ccc(C(=O)NCCS(=O)(=O)O)cc2)C(=O)Nc2ccc(-c3ccc(F)c(F)c3F)cc2)cc1. The Labute approximate surface area is 272 Å². The Morgan fingerprint density at radius 1 is 0.851 bits per heavy atom. The number of anilines is 1. The standard InChI is InChI=1S/C36H35F3N2O5S/c1-36(2,3)19-18-23-4-8-26(9-5-23)30(22-24-6-10-27(11-7-24)34(42)40-20-21-47(44,45)46)35(43)41-28-14-12-25(13-15-28)29-16-17-31(37)33(39)32(29)38/h4-19,30H,20-22H2,1-3H3,(H,40,42)(H,41,43)(H,44,45,46)/b19-18+. The van der Waals surface area contributed by atoms with Crippen molar-refractivity contribution in [3.8, 4) is 11.1 Å². The third-order valence-electron chi connectivity index (χ3n) is 7.23. The average molecular weight is 665 g/mol. The number of hydrogen-bond acceptors (Lipinski definition) is 4. The van der Waals surface area contributed by atoms with Gasteiger partial charge < -0.3 is 10.6 Å². The van der Waals surface area contributed by atoms with E-state index in [-0.39, 0.29) is 35.4 Å². The van der Waals surface area contributed by atoms with Crippen molar-refractivity contribution in [1.82, 2.24) is 5.32 Å². The lowest BCUT2D eigenvalue weighted by Crippen LogP contribution is -2.28. The van der Waals surface area contributed by atoms with Crippen LogP contribution in [0.1, 0.15) is 53.7 Å². The highest BCUT2D eigenvalue weighted by Crippen LogP contribution is 2.29. The number of carbonyl (C=O) groups is 2. The van der Waals surface area contributed by atoms with Crippen molar-refractivity contribution in [1.29, 1.82) is 0 Å². The van der Waals surface area contributed by atoms with Gasteiger partial charge in [0.2, 0.25) is 5.91 Å². The molecular weight excluding hydrogens is 629 g/mol. The first kappa shape index (κ1) is 35.1. The van der Waals surface area contributed by atoms with E-state index in [0.717, 1.165) is 28.8 Å². The van der Waals surface area contributed by atoms with Gasteiger partial charge in [-0.15, -0.1) is 0 Å². The average Bonchev–Trinajstić information content (AvgIpc) is 3.01. The maximum absolute atomic E-state index is 14.3. The molecule has 4 aromatic carbocycles. The molecule has 4 aromatic rings. The van der Waals surface area contributed by atoms with Crippen molar-refractivity contribution in [2.24, 2.45) is 5.41 Å². The molecule has 7 nitrogen and oxygen atoms in total. The Kier molecular flexibility index (Phi) is 11.0. The molecule has 0 radical (unpaired) electrons. The van der Waals surface area contributed by atoms with E-state index in [1.165, 1.54) is 12.1 Å². The summed E-state index contributed by atoms with van der Waals surface area (Å²) in [6.45, 7) is 6.02. The maximum Gasteiger partial charge on any atom is 0.266 e. The highest BCUT2D eigenvalue weighted by Gasteiger charge is 2.22. The third kappa shape index (κ3) is 10.1. The molecule has 47 heavy (non-hydrogen) atoms. The number of nitrogens with one attached hydrogen (secondary N) is 2. The normalized spacial score (nSPS) is 12.6. The molecule has 246 valence electrons. The number of halogens is 3. The topological polar surface area (TPSA) is 113 Å². The number of allylic oxidation sites excluding steroid dienone is 1. The lowest BCUT2D eigenvalue weighted by atomic mass is 9.89. The van der Waals surface area contributed by atoms with Crippen LogP contribution in [0.5, 0.6) is 0 Å². The molecule has 0 aliphatic heterocycles. The molecule has 3 N–H and O–H groups in total. The molecule has 0 saturated heterocycles. The van der Waals surface area contributed by atoms with Gasteiger partial charge in [-0.1, -0.05) is 81.5 Å². The Morgan fingerprint density at radius 3 is 2.09 bits per heavy atom. The number of rotatable bonds is 11. The van der Waals surface area contributed by atoms with E-state index in [0.29, 0.717) is 11.3 Å². The van der Waals surface area contributed by atoms with Crippen LogP contribution in [0.15, 0.2) is 91.0 Å². The Hall–Kier alpha value is -4.74. The van der Waals surface area contributed by atoms with Crippen LogP contribution < -0.4 is 10.6 Å². The Morgan fingerprint density at radius 2 is 1.49 bits per heavy atom. The summed E-state index contributed by atoms with van der Waals surface area (Å²) in [5.74, 6) is -6.26. The molecular formula is C36H35F3N2O5S. The van der Waals surface area contributed by atoms with Crippen molar-refractivity contribution in [2.75, 3.05) is 17.6 Å². The molecule has 0 heterocycles. The van der Waals surface area contributed by atoms with Crippen molar-refractivity contribution in [3.63, 3.8) is 0 Å². The summed E-state index contributed by atoms with van der Waals surface area (Å²) in [6.07, 6.45) is 4.37. The summed E-state index contributed by atoms with van der Waals surface area (Å²) in [4.78, 5) is 26.1. The number of amides is 2. The van der Waals surface area contributed by atoms with Gasteiger partial charge in [-0.25, -0.2) is 13.2 Å². The quantitative estimate of drug-likeness (QED) is 0.114. The summed E-state index contributed by atoms with van der Waals surface area (Å²) in [5, 5.41) is 5.32. The minimum Gasteiger partial charge on any atom is -0.351 e. The first-order chi connectivity index (χ1) is 22.1. The van der Waals surface area contributed by atoms with E-state index in [4.69, 9.17) is 4.55 Å². The minimum absolute atomic E-state index is 0.00707. The highest BCUT2D eigenvalue weighted by atomic mass is 32.2. The summed E-state index contributed by atoms with van der Waals surface area (Å²) < 4.78 is 72.2. The van der Waals surface area contributed by atoms with Crippen LogP contribution in [0.25, 0.3) is 17.2 Å². The van der Waals surface area contributed by atoms with Crippen LogP contribution in [0.3, 0.4) is 0 Å². The third-order valence-corrected chi connectivity index (χ3v) is 7.95. The molecule has 1 unspecified atom stereocenters. The zero-order valence-corrected chi connectivity index (χ0v) is 26.9. The molecule has 0 saturated carbocycles. The van der Waals surface area contributed by atoms with E-state index >= 15 is 0 Å². The maximum atomic E-state index is 14.3. The molecule has 0 spiro atoms. The van der Waals surface area contributed by atoms with Crippen LogP contribution in [0, 0.1) is 22.9 Å². The first-order valence-electron chi connectivity index (χ1n) is 14.8. The smallest absolute Gasteiger partial charge is 0.266 e. The molecule has 0 bridgehead atoms. The summed E-state index contributed by atoms with van der Waals surface area (Å²) >= 11 is 0. The van der Waals surface area contributed by atoms with Crippen LogP contribution in [-0.2, 0) is 21.3 Å². The van der Waals surface area contributed by atoms with Gasteiger partial charge in [-0.05, 0) is 70.5 Å². The summed E-state index contributed by atoms with van der Waals surface area (Å²) in [6, 6.07) is 22.2. The van der Waals surface area contributed by atoms with Gasteiger partial charge in [0.1, 0.15) is 0 Å². The zero-order valence-electron chi connectivity index (χ0n) is 26.1. The summed E-state index contributed by atoms with van der Waals surface area (Å²) in [7, 11) is -4.21. The number of benzene rings is 4. The fourth-order valence-electron chi connectivity index (χ4n) is 4.68. The molecule has 4 rings (SSSR count). The minimum atomic E-state index is -4.21. The molecule has 0 aromatic heterocycles. The van der Waals surface area contributed by atoms with Gasteiger partial charge >= 0.3 is 0 Å². The molecule has 1 atom stereocenters. The van der Waals surface area contributed by atoms with Gasteiger partial charge in [-0.3, -0.25) is 14.1 Å². The predicted octanol–water partition coefficient (Wildman–Crippen LogP) is 7.41. The second-order valence-electron chi connectivity index (χ2n) is 12.2. The van der Waals surface area contributed by atoms with E-state index in [1.54, 1.807) is 36.4 Å². The molecule has 2 amide bonds. The highest BCUT2D eigenvalue weighted by molar-refractivity contribution is 7.85. The van der Waals surface area contributed by atoms with Gasteiger partial charge in [0, 0.05) is 23.4 Å². The van der Waals surface area contributed by atoms with Crippen molar-refractivity contribution < 1.29 is 35.7 Å². The van der Waals surface area contributed by atoms with E-state index in [2.05, 4.69) is 37.5 Å². The monoisotopic (exact) mass is 664 g/mol. The molecule has 0 fully saturated rings. The fourth-order valence-corrected chi connectivity index (χ4v) is 5.04. The lowest BCUT2D eigenvalue weighted by Gasteiger charge is -2.19. The van der Waals surface area contributed by atoms with E-state index in [9.17, 15) is 31.2 Å². The zero-order chi connectivity index (χ0) is 34.4. The first-order valence-corrected chi connectivity index (χ1v) is 16.4. The van der Waals surface area contributed by atoms with Crippen LogP contribution >= 0.6 is 0 Å².